The van der Waals surface area contributed by atoms with Crippen molar-refractivity contribution in [1.29, 1.82) is 0 Å². The highest BCUT2D eigenvalue weighted by atomic mass is 28.3. The van der Waals surface area contributed by atoms with Gasteiger partial charge in [-0.1, -0.05) is 25.6 Å². The Hall–Kier alpha value is -1.73. The molecule has 0 saturated heterocycles. The zero-order valence-electron chi connectivity index (χ0n) is 11.2. The number of benzene rings is 1. The van der Waals surface area contributed by atoms with Crippen molar-refractivity contribution in [3.8, 4) is 17.2 Å². The molecule has 0 spiro atoms. The quantitative estimate of drug-likeness (QED) is 0.631. The van der Waals surface area contributed by atoms with Gasteiger partial charge in [-0.25, -0.2) is 0 Å². The molecule has 3 rings (SSSR count). The van der Waals surface area contributed by atoms with Crippen LogP contribution in [0.1, 0.15) is 17.0 Å². The summed E-state index contributed by atoms with van der Waals surface area (Å²) in [7, 11) is -1.39. The van der Waals surface area contributed by atoms with Gasteiger partial charge in [0, 0.05) is 17.0 Å². The fraction of sp³-hybridized carbons (Fsp3) is 0.400. The van der Waals surface area contributed by atoms with Crippen LogP contribution in [0.4, 0.5) is 0 Å². The lowest BCUT2D eigenvalue weighted by Gasteiger charge is -2.07. The third kappa shape index (κ3) is 2.15. The van der Waals surface area contributed by atoms with Crippen molar-refractivity contribution in [2.75, 3.05) is 0 Å². The smallest absolute Gasteiger partial charge is 0.311 e. The zero-order valence-corrected chi connectivity index (χ0v) is 12.2. The Kier molecular flexibility index (Phi) is 2.51. The summed E-state index contributed by atoms with van der Waals surface area (Å²) in [6, 6.07) is 5.86. The van der Waals surface area contributed by atoms with Crippen LogP contribution in [0.2, 0.25) is 19.6 Å². The van der Waals surface area contributed by atoms with Crippen LogP contribution in [0.25, 0.3) is 0 Å². The third-order valence-electron chi connectivity index (χ3n) is 3.45. The normalized spacial score (nSPS) is 26.6. The Labute approximate surface area is 113 Å². The van der Waals surface area contributed by atoms with Gasteiger partial charge in [-0.2, -0.15) is 0 Å². The molecule has 1 heterocycles. The first-order chi connectivity index (χ1) is 8.87. The van der Waals surface area contributed by atoms with Gasteiger partial charge in [-0.15, -0.1) is 5.54 Å². The molecule has 0 amide bonds. The lowest BCUT2D eigenvalue weighted by Crippen LogP contribution is -2.16. The Balaban J connectivity index is 1.89. The molecule has 1 aromatic rings. The number of carboxylic acid groups (broad SMARTS) is 1. The number of rotatable bonds is 1. The summed E-state index contributed by atoms with van der Waals surface area (Å²) in [6.45, 7) is 6.61. The average molecular weight is 272 g/mol. The van der Waals surface area contributed by atoms with E-state index in [0.717, 1.165) is 16.9 Å². The average Bonchev–Trinajstić information content (AvgIpc) is 2.91. The molecule has 3 unspecified atom stereocenters. The van der Waals surface area contributed by atoms with E-state index in [1.54, 1.807) is 0 Å². The molecule has 1 N–H and O–H groups in total. The highest BCUT2D eigenvalue weighted by Crippen LogP contribution is 2.58. The van der Waals surface area contributed by atoms with E-state index in [1.807, 2.05) is 18.2 Å². The van der Waals surface area contributed by atoms with Crippen LogP contribution in [-0.4, -0.2) is 25.3 Å². The molecule has 0 aromatic heterocycles. The molecule has 3 nitrogen and oxygen atoms in total. The summed E-state index contributed by atoms with van der Waals surface area (Å²) in [6.07, 6.45) is -0.160. The van der Waals surface area contributed by atoms with Crippen molar-refractivity contribution in [2.24, 2.45) is 5.92 Å². The highest BCUT2D eigenvalue weighted by Gasteiger charge is 2.62. The molecular formula is C15H16O3Si. The van der Waals surface area contributed by atoms with Crippen molar-refractivity contribution in [1.82, 2.24) is 0 Å². The molecule has 1 fully saturated rings. The highest BCUT2D eigenvalue weighted by molar-refractivity contribution is 6.83. The number of ether oxygens (including phenoxy) is 1. The second-order valence-corrected chi connectivity index (χ2v) is 11.0. The van der Waals surface area contributed by atoms with E-state index in [1.165, 1.54) is 0 Å². The van der Waals surface area contributed by atoms with Gasteiger partial charge in [0.1, 0.15) is 25.8 Å². The zero-order chi connectivity index (χ0) is 13.8. The van der Waals surface area contributed by atoms with Gasteiger partial charge < -0.3 is 9.84 Å². The molecule has 1 saturated carbocycles. The van der Waals surface area contributed by atoms with E-state index in [4.69, 9.17) is 9.84 Å². The molecular weight excluding hydrogens is 256 g/mol. The Morgan fingerprint density at radius 2 is 2.11 bits per heavy atom. The summed E-state index contributed by atoms with van der Waals surface area (Å²) in [5.74, 6) is 2.93. The van der Waals surface area contributed by atoms with Crippen LogP contribution >= 0.6 is 0 Å². The van der Waals surface area contributed by atoms with E-state index in [9.17, 15) is 4.79 Å². The molecule has 0 bridgehead atoms. The monoisotopic (exact) mass is 272 g/mol. The Morgan fingerprint density at radius 3 is 2.74 bits per heavy atom. The van der Waals surface area contributed by atoms with E-state index in [2.05, 4.69) is 31.1 Å². The Bertz CT molecular complexity index is 619. The molecule has 3 atom stereocenters. The summed E-state index contributed by atoms with van der Waals surface area (Å²) in [4.78, 5) is 11.0. The van der Waals surface area contributed by atoms with Crippen molar-refractivity contribution in [3.63, 3.8) is 0 Å². The molecule has 2 aliphatic rings. The van der Waals surface area contributed by atoms with Crippen molar-refractivity contribution >= 4 is 14.0 Å². The maximum absolute atomic E-state index is 11.0. The second-order valence-electron chi connectivity index (χ2n) is 6.22. The van der Waals surface area contributed by atoms with E-state index < -0.39 is 14.0 Å². The van der Waals surface area contributed by atoms with Crippen LogP contribution in [0.5, 0.6) is 5.75 Å². The summed E-state index contributed by atoms with van der Waals surface area (Å²) < 4.78 is 5.63. The molecule has 98 valence electrons. The molecule has 19 heavy (non-hydrogen) atoms. The van der Waals surface area contributed by atoms with Gasteiger partial charge in [0.2, 0.25) is 0 Å². The van der Waals surface area contributed by atoms with Crippen LogP contribution in [0.15, 0.2) is 18.2 Å². The number of hydrogen-bond donors (Lipinski definition) is 1. The van der Waals surface area contributed by atoms with Gasteiger partial charge >= 0.3 is 5.97 Å². The lowest BCUT2D eigenvalue weighted by atomic mass is 10.1. The number of fused-ring (bicyclic) bond motifs is 3. The van der Waals surface area contributed by atoms with Crippen LogP contribution in [0.3, 0.4) is 0 Å². The minimum atomic E-state index is -1.39. The maximum atomic E-state index is 11.0. The number of carboxylic acids is 1. The first-order valence-corrected chi connectivity index (χ1v) is 9.93. The fourth-order valence-corrected chi connectivity index (χ4v) is 3.01. The maximum Gasteiger partial charge on any atom is 0.311 e. The van der Waals surface area contributed by atoms with Gasteiger partial charge in [0.05, 0.1) is 0 Å². The lowest BCUT2D eigenvalue weighted by molar-refractivity contribution is -0.139. The number of hydrogen-bond acceptors (Lipinski definition) is 2. The van der Waals surface area contributed by atoms with Crippen LogP contribution in [0, 0.1) is 17.4 Å². The third-order valence-corrected chi connectivity index (χ3v) is 4.33. The van der Waals surface area contributed by atoms with Crippen molar-refractivity contribution < 1.29 is 14.6 Å². The first kappa shape index (κ1) is 12.3. The Morgan fingerprint density at radius 1 is 1.37 bits per heavy atom. The number of aliphatic carboxylic acids is 1. The minimum absolute atomic E-state index is 0.0288. The minimum Gasteiger partial charge on any atom is -0.489 e. The largest absolute Gasteiger partial charge is 0.489 e. The van der Waals surface area contributed by atoms with Crippen molar-refractivity contribution in [2.45, 2.75) is 31.7 Å². The van der Waals surface area contributed by atoms with E-state index >= 15 is 0 Å². The van der Waals surface area contributed by atoms with Crippen LogP contribution < -0.4 is 4.74 Å². The summed E-state index contributed by atoms with van der Waals surface area (Å²) in [5, 5.41) is 9.06. The van der Waals surface area contributed by atoms with Gasteiger partial charge in [0.25, 0.3) is 0 Å². The fourth-order valence-electron chi connectivity index (χ4n) is 2.49. The van der Waals surface area contributed by atoms with Gasteiger partial charge in [-0.3, -0.25) is 4.79 Å². The van der Waals surface area contributed by atoms with E-state index in [-0.39, 0.29) is 17.9 Å². The van der Waals surface area contributed by atoms with Crippen molar-refractivity contribution in [3.05, 3.63) is 29.3 Å². The van der Waals surface area contributed by atoms with E-state index in [0.29, 0.717) is 0 Å². The topological polar surface area (TPSA) is 46.5 Å². The predicted molar refractivity (Wildman–Crippen MR) is 74.9 cm³/mol. The van der Waals surface area contributed by atoms with Gasteiger partial charge in [0.15, 0.2) is 0 Å². The standard InChI is InChI=1S/C15H16O3Si/c1-19(2,3)7-6-9-4-5-11-10(8-9)12-13(15(16)17)14(12)18-11/h4-5,8,12-14H,1-3H3,(H,16,17). The molecule has 0 radical (unpaired) electrons. The SMILES string of the molecule is C[Si](C)(C)C#Cc1ccc2c(c1)C1C(O2)C1C(=O)O. The first-order valence-electron chi connectivity index (χ1n) is 6.43. The van der Waals surface area contributed by atoms with Gasteiger partial charge in [-0.05, 0) is 18.2 Å². The molecule has 4 heteroatoms. The molecule has 1 aliphatic carbocycles. The molecule has 1 aliphatic heterocycles. The van der Waals surface area contributed by atoms with Crippen LogP contribution in [-0.2, 0) is 4.79 Å². The summed E-state index contributed by atoms with van der Waals surface area (Å²) in [5.41, 5.74) is 5.30. The second kappa shape index (κ2) is 3.88. The number of carbonyl (C=O) groups is 1. The summed E-state index contributed by atoms with van der Waals surface area (Å²) >= 11 is 0. The predicted octanol–water partition coefficient (Wildman–Crippen LogP) is 2.47. The molecule has 1 aromatic carbocycles.